The average Bonchev–Trinajstić information content (AvgIpc) is 2.85. The highest BCUT2D eigenvalue weighted by molar-refractivity contribution is 7.09. The number of urea groups is 1. The lowest BCUT2D eigenvalue weighted by molar-refractivity contribution is 0.247. The van der Waals surface area contributed by atoms with Gasteiger partial charge in [0, 0.05) is 24.0 Å². The van der Waals surface area contributed by atoms with Crippen LogP contribution in [0.25, 0.3) is 0 Å². The molecule has 1 aromatic heterocycles. The van der Waals surface area contributed by atoms with E-state index in [1.54, 1.807) is 0 Å². The number of aromatic nitrogens is 2. The van der Waals surface area contributed by atoms with Gasteiger partial charge in [0.1, 0.15) is 5.82 Å². The predicted octanol–water partition coefficient (Wildman–Crippen LogP) is 2.44. The van der Waals surface area contributed by atoms with E-state index in [2.05, 4.69) is 20.0 Å². The lowest BCUT2D eigenvalue weighted by Gasteiger charge is -2.25. The molecule has 0 atom stereocenters. The fourth-order valence-electron chi connectivity index (χ4n) is 2.45. The smallest absolute Gasteiger partial charge is 0.312 e. The summed E-state index contributed by atoms with van der Waals surface area (Å²) < 4.78 is 4.48. The van der Waals surface area contributed by atoms with Crippen molar-refractivity contribution in [2.45, 2.75) is 57.4 Å². The molecule has 2 amide bonds. The van der Waals surface area contributed by atoms with E-state index in [1.165, 1.54) is 43.6 Å². The molecule has 0 bridgehead atoms. The number of nitrogens with two attached hydrogens (primary N) is 1. The van der Waals surface area contributed by atoms with E-state index in [-0.39, 0.29) is 5.54 Å². The van der Waals surface area contributed by atoms with Crippen molar-refractivity contribution < 1.29 is 4.79 Å². The molecule has 1 aromatic rings. The topological polar surface area (TPSA) is 92.9 Å². The molecule has 2 rings (SSSR count). The highest BCUT2D eigenvalue weighted by Gasteiger charge is 2.23. The molecule has 0 unspecified atom stereocenters. The maximum Gasteiger partial charge on any atom is 0.312 e. The average molecular weight is 297 g/mol. The Morgan fingerprint density at radius 1 is 1.40 bits per heavy atom. The Labute approximate surface area is 123 Å². The van der Waals surface area contributed by atoms with Gasteiger partial charge in [-0.1, -0.05) is 19.3 Å². The van der Waals surface area contributed by atoms with Crippen molar-refractivity contribution in [2.75, 3.05) is 11.9 Å². The molecule has 1 fully saturated rings. The first-order valence-corrected chi connectivity index (χ1v) is 7.89. The molecule has 1 aliphatic carbocycles. The van der Waals surface area contributed by atoms with Gasteiger partial charge in [-0.15, -0.1) is 0 Å². The summed E-state index contributed by atoms with van der Waals surface area (Å²) in [5.74, 6) is 1.48. The largest absolute Gasteiger partial charge is 0.354 e. The number of primary amides is 1. The zero-order chi connectivity index (χ0) is 14.6. The van der Waals surface area contributed by atoms with Gasteiger partial charge in [-0.2, -0.15) is 4.37 Å². The summed E-state index contributed by atoms with van der Waals surface area (Å²) in [6.07, 6.45) is 6.28. The zero-order valence-corrected chi connectivity index (χ0v) is 12.9. The highest BCUT2D eigenvalue weighted by atomic mass is 32.1. The lowest BCUT2D eigenvalue weighted by Crippen LogP contribution is -2.45. The van der Waals surface area contributed by atoms with Crippen LogP contribution < -0.4 is 16.4 Å². The lowest BCUT2D eigenvalue weighted by atomic mass is 9.89. The molecule has 0 saturated heterocycles. The molecule has 0 aromatic carbocycles. The van der Waals surface area contributed by atoms with Crippen LogP contribution in [0.3, 0.4) is 0 Å². The van der Waals surface area contributed by atoms with Gasteiger partial charge >= 0.3 is 6.03 Å². The Kier molecular flexibility index (Phi) is 4.80. The van der Waals surface area contributed by atoms with Crippen molar-refractivity contribution in [3.63, 3.8) is 0 Å². The van der Waals surface area contributed by atoms with Crippen molar-refractivity contribution >= 4 is 22.7 Å². The minimum atomic E-state index is -0.514. The minimum absolute atomic E-state index is 0.307. The van der Waals surface area contributed by atoms with E-state index in [9.17, 15) is 4.79 Å². The summed E-state index contributed by atoms with van der Waals surface area (Å²) in [4.78, 5) is 15.4. The molecule has 0 radical (unpaired) electrons. The Bertz CT molecular complexity index is 453. The molecule has 1 saturated carbocycles. The molecule has 1 aliphatic rings. The molecule has 4 N–H and O–H groups in total. The Morgan fingerprint density at radius 2 is 2.10 bits per heavy atom. The zero-order valence-electron chi connectivity index (χ0n) is 12.1. The van der Waals surface area contributed by atoms with Crippen molar-refractivity contribution in [1.82, 2.24) is 14.7 Å². The van der Waals surface area contributed by atoms with Crippen molar-refractivity contribution in [2.24, 2.45) is 5.73 Å². The molecule has 20 heavy (non-hydrogen) atoms. The number of anilines is 1. The van der Waals surface area contributed by atoms with E-state index in [0.717, 1.165) is 11.0 Å². The van der Waals surface area contributed by atoms with Crippen molar-refractivity contribution in [1.29, 1.82) is 0 Å². The fraction of sp³-hybridized carbons (Fsp3) is 0.769. The first-order chi connectivity index (χ1) is 9.46. The summed E-state index contributed by atoms with van der Waals surface area (Å²) >= 11 is 1.39. The van der Waals surface area contributed by atoms with Gasteiger partial charge in [-0.3, -0.25) is 0 Å². The monoisotopic (exact) mass is 297 g/mol. The van der Waals surface area contributed by atoms with Gasteiger partial charge in [-0.25, -0.2) is 9.78 Å². The summed E-state index contributed by atoms with van der Waals surface area (Å²) in [6, 6.07) is -0.514. The number of hydrogen-bond acceptors (Lipinski definition) is 5. The Morgan fingerprint density at radius 3 is 2.75 bits per heavy atom. The second-order valence-electron chi connectivity index (χ2n) is 6.02. The Balaban J connectivity index is 1.92. The van der Waals surface area contributed by atoms with Crippen LogP contribution in [-0.2, 0) is 0 Å². The summed E-state index contributed by atoms with van der Waals surface area (Å²) in [5, 5.41) is 6.72. The van der Waals surface area contributed by atoms with Crippen LogP contribution in [-0.4, -0.2) is 27.5 Å². The third-order valence-corrected chi connectivity index (χ3v) is 4.21. The molecule has 7 heteroatoms. The Hall–Kier alpha value is -1.37. The predicted molar refractivity (Wildman–Crippen MR) is 81.0 cm³/mol. The first kappa shape index (κ1) is 15.0. The number of nitrogens with one attached hydrogen (secondary N) is 2. The summed E-state index contributed by atoms with van der Waals surface area (Å²) in [6.45, 7) is 4.43. The van der Waals surface area contributed by atoms with Crippen LogP contribution in [0, 0.1) is 0 Å². The molecule has 1 heterocycles. The van der Waals surface area contributed by atoms with Crippen LogP contribution in [0.15, 0.2) is 0 Å². The van der Waals surface area contributed by atoms with Crippen LogP contribution in [0.5, 0.6) is 0 Å². The summed E-state index contributed by atoms with van der Waals surface area (Å²) in [7, 11) is 0. The first-order valence-electron chi connectivity index (χ1n) is 7.11. The third kappa shape index (κ3) is 4.33. The molecular weight excluding hydrogens is 274 g/mol. The van der Waals surface area contributed by atoms with Gasteiger partial charge in [-0.05, 0) is 26.7 Å². The van der Waals surface area contributed by atoms with Gasteiger partial charge in [0.05, 0.1) is 5.54 Å². The van der Waals surface area contributed by atoms with E-state index >= 15 is 0 Å². The maximum absolute atomic E-state index is 10.8. The standard InChI is InChI=1S/C13H23N5OS/c1-13(2,8-15-11(14)19)17-12-16-10(18-20-12)9-6-4-3-5-7-9/h9H,3-8H2,1-2H3,(H3,14,15,19)(H,16,17,18). The maximum atomic E-state index is 10.8. The molecule has 112 valence electrons. The summed E-state index contributed by atoms with van der Waals surface area (Å²) in [5.41, 5.74) is 4.78. The molecular formula is C13H23N5OS. The number of amides is 2. The van der Waals surface area contributed by atoms with Crippen molar-refractivity contribution in [3.05, 3.63) is 5.82 Å². The second-order valence-corrected chi connectivity index (χ2v) is 6.77. The van der Waals surface area contributed by atoms with E-state index < -0.39 is 6.03 Å². The number of rotatable bonds is 5. The van der Waals surface area contributed by atoms with Crippen LogP contribution >= 0.6 is 11.5 Å². The van der Waals surface area contributed by atoms with Gasteiger partial charge in [0.15, 0.2) is 0 Å². The van der Waals surface area contributed by atoms with Gasteiger partial charge in [0.2, 0.25) is 5.13 Å². The number of nitrogens with zero attached hydrogens (tertiary/aromatic N) is 2. The highest BCUT2D eigenvalue weighted by Crippen LogP contribution is 2.32. The number of hydrogen-bond donors (Lipinski definition) is 3. The SMILES string of the molecule is CC(C)(CNC(N)=O)Nc1nc(C2CCCCC2)ns1. The number of carbonyl (C=O) groups is 1. The van der Waals surface area contributed by atoms with Gasteiger partial charge < -0.3 is 16.4 Å². The van der Waals surface area contributed by atoms with E-state index in [1.807, 2.05) is 13.8 Å². The van der Waals surface area contributed by atoms with Crippen molar-refractivity contribution in [3.8, 4) is 0 Å². The number of carbonyl (C=O) groups excluding carboxylic acids is 1. The molecule has 0 spiro atoms. The van der Waals surface area contributed by atoms with E-state index in [0.29, 0.717) is 12.5 Å². The molecule has 0 aliphatic heterocycles. The van der Waals surface area contributed by atoms with E-state index in [4.69, 9.17) is 5.73 Å². The quantitative estimate of drug-likeness (QED) is 0.778. The van der Waals surface area contributed by atoms with Crippen LogP contribution in [0.4, 0.5) is 9.93 Å². The minimum Gasteiger partial charge on any atom is -0.354 e. The third-order valence-electron chi connectivity index (χ3n) is 3.56. The normalized spacial score (nSPS) is 16.9. The fourth-order valence-corrected chi connectivity index (χ4v) is 3.28. The second kappa shape index (κ2) is 6.39. The molecule has 6 nitrogen and oxygen atoms in total. The van der Waals surface area contributed by atoms with Crippen LogP contribution in [0.2, 0.25) is 0 Å². The van der Waals surface area contributed by atoms with Crippen LogP contribution in [0.1, 0.15) is 57.7 Å². The van der Waals surface area contributed by atoms with Gasteiger partial charge in [0.25, 0.3) is 0 Å².